The van der Waals surface area contributed by atoms with Gasteiger partial charge >= 0.3 is 0 Å². The van der Waals surface area contributed by atoms with Gasteiger partial charge in [-0.3, -0.25) is 0 Å². The summed E-state index contributed by atoms with van der Waals surface area (Å²) in [5.74, 6) is 0. The second kappa shape index (κ2) is 18.3. The summed E-state index contributed by atoms with van der Waals surface area (Å²) < 4.78 is 0. The maximum atomic E-state index is 3.26. The van der Waals surface area contributed by atoms with Crippen molar-refractivity contribution in [2.45, 2.75) is 110 Å². The van der Waals surface area contributed by atoms with Crippen LogP contribution in [0.5, 0.6) is 0 Å². The van der Waals surface area contributed by atoms with Gasteiger partial charge in [0.1, 0.15) is 0 Å². The van der Waals surface area contributed by atoms with E-state index in [9.17, 15) is 0 Å². The molecular weight excluding hydrogens is 280 g/mol. The molecule has 0 saturated heterocycles. The highest BCUT2D eigenvalue weighted by Gasteiger charge is 2.06. The molecule has 0 bridgehead atoms. The summed E-state index contributed by atoms with van der Waals surface area (Å²) in [6.07, 6.45) is 20.2. The van der Waals surface area contributed by atoms with E-state index in [0.717, 1.165) is 6.54 Å². The summed E-state index contributed by atoms with van der Waals surface area (Å²) in [7, 11) is 4.29. The first-order valence-electron chi connectivity index (χ1n) is 10.6. The Balaban J connectivity index is 3.13. The molecule has 0 amide bonds. The van der Waals surface area contributed by atoms with Crippen molar-refractivity contribution < 1.29 is 0 Å². The van der Waals surface area contributed by atoms with Crippen molar-refractivity contribution in [1.29, 1.82) is 0 Å². The molecule has 0 aromatic rings. The Labute approximate surface area is 147 Å². The Bertz CT molecular complexity index is 218. The predicted molar refractivity (Wildman–Crippen MR) is 106 cm³/mol. The van der Waals surface area contributed by atoms with Crippen LogP contribution in [0.15, 0.2) is 0 Å². The SMILES string of the molecule is CCCCCCCCCCCCCCCCN(C)C(C)CNC. The lowest BCUT2D eigenvalue weighted by molar-refractivity contribution is 0.248. The third kappa shape index (κ3) is 16.6. The maximum absolute atomic E-state index is 3.26. The summed E-state index contributed by atoms with van der Waals surface area (Å²) >= 11 is 0. The van der Waals surface area contributed by atoms with Gasteiger partial charge in [-0.1, -0.05) is 90.4 Å². The topological polar surface area (TPSA) is 15.3 Å². The van der Waals surface area contributed by atoms with Gasteiger partial charge in [0.05, 0.1) is 0 Å². The van der Waals surface area contributed by atoms with Crippen LogP contribution in [0.4, 0.5) is 0 Å². The second-order valence-electron chi connectivity index (χ2n) is 7.48. The van der Waals surface area contributed by atoms with Crippen LogP contribution in [-0.2, 0) is 0 Å². The van der Waals surface area contributed by atoms with E-state index in [-0.39, 0.29) is 0 Å². The van der Waals surface area contributed by atoms with Crippen LogP contribution in [0.25, 0.3) is 0 Å². The van der Waals surface area contributed by atoms with E-state index in [1.54, 1.807) is 0 Å². The summed E-state index contributed by atoms with van der Waals surface area (Å²) in [6, 6.07) is 0.655. The van der Waals surface area contributed by atoms with Gasteiger partial charge in [0.2, 0.25) is 0 Å². The van der Waals surface area contributed by atoms with E-state index >= 15 is 0 Å². The van der Waals surface area contributed by atoms with Crippen molar-refractivity contribution in [3.8, 4) is 0 Å². The molecule has 0 rings (SSSR count). The van der Waals surface area contributed by atoms with Gasteiger partial charge in [-0.25, -0.2) is 0 Å². The Hall–Kier alpha value is -0.0800. The lowest BCUT2D eigenvalue weighted by Crippen LogP contribution is -2.37. The van der Waals surface area contributed by atoms with Crippen LogP contribution in [0.2, 0.25) is 0 Å². The zero-order chi connectivity index (χ0) is 17.2. The molecule has 0 radical (unpaired) electrons. The molecular formula is C21H46N2. The second-order valence-corrected chi connectivity index (χ2v) is 7.48. The van der Waals surface area contributed by atoms with Crippen LogP contribution in [0, 0.1) is 0 Å². The fourth-order valence-corrected chi connectivity index (χ4v) is 3.23. The first-order valence-corrected chi connectivity index (χ1v) is 10.6. The quantitative estimate of drug-likeness (QED) is 0.310. The molecule has 0 saturated carbocycles. The molecule has 1 unspecified atom stereocenters. The predicted octanol–water partition coefficient (Wildman–Crippen LogP) is 6.01. The van der Waals surface area contributed by atoms with Crippen molar-refractivity contribution in [1.82, 2.24) is 10.2 Å². The maximum Gasteiger partial charge on any atom is 0.0189 e. The molecule has 0 aliphatic carbocycles. The molecule has 140 valence electrons. The van der Waals surface area contributed by atoms with Gasteiger partial charge in [0.25, 0.3) is 0 Å². The minimum absolute atomic E-state index is 0.655. The number of likely N-dealkylation sites (N-methyl/N-ethyl adjacent to an activating group) is 2. The number of nitrogens with one attached hydrogen (secondary N) is 1. The Morgan fingerprint density at radius 3 is 1.48 bits per heavy atom. The van der Waals surface area contributed by atoms with E-state index in [1.165, 1.54) is 96.4 Å². The molecule has 0 heterocycles. The largest absolute Gasteiger partial charge is 0.318 e. The highest BCUT2D eigenvalue weighted by molar-refractivity contribution is 4.64. The van der Waals surface area contributed by atoms with Crippen molar-refractivity contribution >= 4 is 0 Å². The standard InChI is InChI=1S/C21H46N2/c1-5-6-7-8-9-10-11-12-13-14-15-16-17-18-19-23(4)21(2)20-22-3/h21-22H,5-20H2,1-4H3. The Morgan fingerprint density at radius 1 is 0.696 bits per heavy atom. The summed E-state index contributed by atoms with van der Waals surface area (Å²) in [4.78, 5) is 2.48. The van der Waals surface area contributed by atoms with Crippen molar-refractivity contribution in [2.24, 2.45) is 0 Å². The molecule has 2 nitrogen and oxygen atoms in total. The monoisotopic (exact) mass is 326 g/mol. The first kappa shape index (κ1) is 22.9. The summed E-state index contributed by atoms with van der Waals surface area (Å²) in [6.45, 7) is 6.94. The molecule has 23 heavy (non-hydrogen) atoms. The fourth-order valence-electron chi connectivity index (χ4n) is 3.23. The van der Waals surface area contributed by atoms with Crippen LogP contribution < -0.4 is 5.32 Å². The third-order valence-corrected chi connectivity index (χ3v) is 5.12. The zero-order valence-corrected chi connectivity index (χ0v) is 16.8. The van der Waals surface area contributed by atoms with Crippen LogP contribution >= 0.6 is 0 Å². The van der Waals surface area contributed by atoms with Gasteiger partial charge < -0.3 is 10.2 Å². The number of nitrogens with zero attached hydrogens (tertiary/aromatic N) is 1. The number of hydrogen-bond acceptors (Lipinski definition) is 2. The normalized spacial score (nSPS) is 12.9. The van der Waals surface area contributed by atoms with Gasteiger partial charge in [-0.2, -0.15) is 0 Å². The van der Waals surface area contributed by atoms with Crippen LogP contribution in [-0.4, -0.2) is 38.1 Å². The minimum atomic E-state index is 0.655. The number of rotatable bonds is 18. The van der Waals surface area contributed by atoms with E-state index in [2.05, 4.69) is 31.1 Å². The lowest BCUT2D eigenvalue weighted by Gasteiger charge is -2.24. The van der Waals surface area contributed by atoms with E-state index in [1.807, 2.05) is 7.05 Å². The highest BCUT2D eigenvalue weighted by atomic mass is 15.1. The number of hydrogen-bond donors (Lipinski definition) is 1. The molecule has 1 N–H and O–H groups in total. The van der Waals surface area contributed by atoms with Crippen LogP contribution in [0.3, 0.4) is 0 Å². The van der Waals surface area contributed by atoms with Gasteiger partial charge in [-0.05, 0) is 34.0 Å². The summed E-state index contributed by atoms with van der Waals surface area (Å²) in [5, 5.41) is 3.26. The van der Waals surface area contributed by atoms with Crippen molar-refractivity contribution in [3.05, 3.63) is 0 Å². The molecule has 0 aliphatic heterocycles. The first-order chi connectivity index (χ1) is 11.2. The smallest absolute Gasteiger partial charge is 0.0189 e. The molecule has 0 fully saturated rings. The third-order valence-electron chi connectivity index (χ3n) is 5.12. The molecule has 0 aromatic carbocycles. The lowest BCUT2D eigenvalue weighted by atomic mass is 10.0. The average molecular weight is 327 g/mol. The van der Waals surface area contributed by atoms with Crippen LogP contribution in [0.1, 0.15) is 104 Å². The molecule has 1 atom stereocenters. The average Bonchev–Trinajstić information content (AvgIpc) is 2.55. The Kier molecular flexibility index (Phi) is 18.2. The summed E-state index contributed by atoms with van der Waals surface area (Å²) in [5.41, 5.74) is 0. The Morgan fingerprint density at radius 2 is 1.09 bits per heavy atom. The molecule has 0 aromatic heterocycles. The molecule has 2 heteroatoms. The number of unbranched alkanes of at least 4 members (excludes halogenated alkanes) is 13. The van der Waals surface area contributed by atoms with E-state index in [4.69, 9.17) is 0 Å². The van der Waals surface area contributed by atoms with E-state index < -0.39 is 0 Å². The fraction of sp³-hybridized carbons (Fsp3) is 1.00. The zero-order valence-electron chi connectivity index (χ0n) is 16.8. The van der Waals surface area contributed by atoms with Crippen molar-refractivity contribution in [2.75, 3.05) is 27.2 Å². The minimum Gasteiger partial charge on any atom is -0.318 e. The van der Waals surface area contributed by atoms with Crippen molar-refractivity contribution in [3.63, 3.8) is 0 Å². The van der Waals surface area contributed by atoms with Gasteiger partial charge in [0, 0.05) is 12.6 Å². The van der Waals surface area contributed by atoms with E-state index in [0.29, 0.717) is 6.04 Å². The molecule has 0 aliphatic rings. The molecule has 0 spiro atoms. The van der Waals surface area contributed by atoms with Gasteiger partial charge in [0.15, 0.2) is 0 Å². The van der Waals surface area contributed by atoms with Gasteiger partial charge in [-0.15, -0.1) is 0 Å². The highest BCUT2D eigenvalue weighted by Crippen LogP contribution is 2.13.